The number of para-hydroxylation sites is 2. The molecule has 2 N–H and O–H groups in total. The fraction of sp³-hybridized carbons (Fsp3) is 0.0769. The van der Waals surface area contributed by atoms with Crippen molar-refractivity contribution >= 4 is 39.2 Å². The summed E-state index contributed by atoms with van der Waals surface area (Å²) in [5.41, 5.74) is 4.57. The standard InChI is InChI=1S/C26H21N3O3/c1-29(23-8-4-2-7-19(23)15-28-26(30)31)20-11-10-18-14-27-16-22(21(18)13-20)25-12-17-6-3-5-9-24(17)32-25/h2-14,16,28H,15H2,1H3,(H,30,31). The van der Waals surface area contributed by atoms with Crippen molar-refractivity contribution in [1.29, 1.82) is 0 Å². The second-order valence-corrected chi connectivity index (χ2v) is 7.59. The Hall–Kier alpha value is -4.32. The van der Waals surface area contributed by atoms with E-state index < -0.39 is 6.09 Å². The summed E-state index contributed by atoms with van der Waals surface area (Å²) in [7, 11) is 1.98. The van der Waals surface area contributed by atoms with Crippen molar-refractivity contribution in [3.8, 4) is 11.3 Å². The van der Waals surface area contributed by atoms with E-state index in [1.54, 1.807) is 0 Å². The molecule has 0 bridgehead atoms. The molecule has 3 aromatic carbocycles. The second-order valence-electron chi connectivity index (χ2n) is 7.59. The van der Waals surface area contributed by atoms with E-state index in [-0.39, 0.29) is 6.54 Å². The molecule has 0 aliphatic rings. The summed E-state index contributed by atoms with van der Waals surface area (Å²) in [6, 6.07) is 23.9. The van der Waals surface area contributed by atoms with Crippen LogP contribution < -0.4 is 10.2 Å². The minimum atomic E-state index is -1.05. The first-order valence-electron chi connectivity index (χ1n) is 10.3. The van der Waals surface area contributed by atoms with E-state index in [0.29, 0.717) is 0 Å². The van der Waals surface area contributed by atoms with Crippen molar-refractivity contribution in [2.75, 3.05) is 11.9 Å². The highest BCUT2D eigenvalue weighted by atomic mass is 16.4. The monoisotopic (exact) mass is 423 g/mol. The van der Waals surface area contributed by atoms with Gasteiger partial charge in [0.05, 0.1) is 0 Å². The van der Waals surface area contributed by atoms with E-state index in [1.165, 1.54) is 0 Å². The number of fused-ring (bicyclic) bond motifs is 2. The molecule has 0 fully saturated rings. The highest BCUT2D eigenvalue weighted by Gasteiger charge is 2.14. The van der Waals surface area contributed by atoms with Crippen LogP contribution in [0.25, 0.3) is 33.1 Å². The van der Waals surface area contributed by atoms with E-state index >= 15 is 0 Å². The SMILES string of the molecule is CN(c1ccc2cncc(-c3cc4ccccc4o3)c2c1)c1ccccc1CNC(=O)O. The summed E-state index contributed by atoms with van der Waals surface area (Å²) in [6.07, 6.45) is 2.63. The lowest BCUT2D eigenvalue weighted by Crippen LogP contribution is -2.22. The lowest BCUT2D eigenvalue weighted by atomic mass is 10.0. The predicted octanol–water partition coefficient (Wildman–Crippen LogP) is 6.18. The average Bonchev–Trinajstić information content (AvgIpc) is 3.26. The topological polar surface area (TPSA) is 78.6 Å². The van der Waals surface area contributed by atoms with Gasteiger partial charge in [0.25, 0.3) is 0 Å². The van der Waals surface area contributed by atoms with Crippen molar-refractivity contribution in [2.24, 2.45) is 0 Å². The molecule has 0 spiro atoms. The third-order valence-electron chi connectivity index (χ3n) is 5.61. The van der Waals surface area contributed by atoms with E-state index in [2.05, 4.69) is 21.3 Å². The number of anilines is 2. The van der Waals surface area contributed by atoms with Crippen molar-refractivity contribution in [3.05, 3.63) is 90.8 Å². The first kappa shape index (κ1) is 19.6. The molecule has 2 aromatic heterocycles. The Balaban J connectivity index is 1.58. The molecule has 6 heteroatoms. The number of nitrogens with one attached hydrogen (secondary N) is 1. The van der Waals surface area contributed by atoms with Gasteiger partial charge in [0.2, 0.25) is 0 Å². The Bertz CT molecular complexity index is 1410. The van der Waals surface area contributed by atoms with Crippen molar-refractivity contribution < 1.29 is 14.3 Å². The van der Waals surface area contributed by atoms with Gasteiger partial charge in [-0.15, -0.1) is 0 Å². The molecule has 1 amide bonds. The third-order valence-corrected chi connectivity index (χ3v) is 5.61. The molecule has 0 unspecified atom stereocenters. The van der Waals surface area contributed by atoms with Crippen LogP contribution in [0.5, 0.6) is 0 Å². The maximum Gasteiger partial charge on any atom is 0.404 e. The van der Waals surface area contributed by atoms with Gasteiger partial charge < -0.3 is 19.7 Å². The predicted molar refractivity (Wildman–Crippen MR) is 126 cm³/mol. The lowest BCUT2D eigenvalue weighted by Gasteiger charge is -2.23. The molecule has 0 aliphatic heterocycles. The number of benzene rings is 3. The fourth-order valence-corrected chi connectivity index (χ4v) is 3.97. The van der Waals surface area contributed by atoms with Crippen molar-refractivity contribution in [2.45, 2.75) is 6.54 Å². The Morgan fingerprint density at radius 3 is 2.66 bits per heavy atom. The molecular weight excluding hydrogens is 402 g/mol. The number of hydrogen-bond donors (Lipinski definition) is 2. The van der Waals surface area contributed by atoms with Crippen LogP contribution in [0.1, 0.15) is 5.56 Å². The van der Waals surface area contributed by atoms with Crippen LogP contribution in [0.3, 0.4) is 0 Å². The zero-order chi connectivity index (χ0) is 22.1. The van der Waals surface area contributed by atoms with E-state index in [1.807, 2.05) is 86.2 Å². The normalized spacial score (nSPS) is 11.0. The molecule has 0 aliphatic carbocycles. The van der Waals surface area contributed by atoms with E-state index in [4.69, 9.17) is 9.52 Å². The molecule has 158 valence electrons. The second kappa shape index (κ2) is 8.07. The molecule has 0 atom stereocenters. The highest BCUT2D eigenvalue weighted by molar-refractivity contribution is 5.98. The van der Waals surface area contributed by atoms with Crippen LogP contribution >= 0.6 is 0 Å². The largest absolute Gasteiger partial charge is 0.465 e. The van der Waals surface area contributed by atoms with Crippen molar-refractivity contribution in [3.63, 3.8) is 0 Å². The molecular formula is C26H21N3O3. The van der Waals surface area contributed by atoms with E-state index in [0.717, 1.165) is 50.0 Å². The van der Waals surface area contributed by atoms with Gasteiger partial charge in [-0.05, 0) is 41.3 Å². The number of amides is 1. The summed E-state index contributed by atoms with van der Waals surface area (Å²) in [4.78, 5) is 17.4. The molecule has 0 radical (unpaired) electrons. The first-order chi connectivity index (χ1) is 15.6. The maximum absolute atomic E-state index is 11.0. The van der Waals surface area contributed by atoms with Crippen LogP contribution in [0.2, 0.25) is 0 Å². The van der Waals surface area contributed by atoms with Gasteiger partial charge in [0, 0.05) is 53.7 Å². The first-order valence-corrected chi connectivity index (χ1v) is 10.3. The van der Waals surface area contributed by atoms with Crippen molar-refractivity contribution in [1.82, 2.24) is 10.3 Å². The number of carboxylic acid groups (broad SMARTS) is 1. The van der Waals surface area contributed by atoms with Crippen LogP contribution in [0.4, 0.5) is 16.2 Å². The third kappa shape index (κ3) is 3.63. The number of carbonyl (C=O) groups is 1. The Morgan fingerprint density at radius 2 is 1.81 bits per heavy atom. The Labute approximate surface area is 184 Å². The number of pyridine rings is 1. The van der Waals surface area contributed by atoms with Crippen LogP contribution in [0.15, 0.2) is 89.6 Å². The average molecular weight is 423 g/mol. The number of aromatic nitrogens is 1. The van der Waals surface area contributed by atoms with Gasteiger partial charge in [-0.25, -0.2) is 4.79 Å². The quantitative estimate of drug-likeness (QED) is 0.353. The van der Waals surface area contributed by atoms with Gasteiger partial charge in [0.1, 0.15) is 11.3 Å². The number of hydrogen-bond acceptors (Lipinski definition) is 4. The van der Waals surface area contributed by atoms with Crippen LogP contribution in [-0.2, 0) is 6.54 Å². The summed E-state index contributed by atoms with van der Waals surface area (Å²) >= 11 is 0. The van der Waals surface area contributed by atoms with Crippen LogP contribution in [0, 0.1) is 0 Å². The zero-order valence-electron chi connectivity index (χ0n) is 17.4. The zero-order valence-corrected chi connectivity index (χ0v) is 17.4. The molecule has 0 saturated carbocycles. The molecule has 0 saturated heterocycles. The maximum atomic E-state index is 11.0. The van der Waals surface area contributed by atoms with Gasteiger partial charge in [0.15, 0.2) is 0 Å². The summed E-state index contributed by atoms with van der Waals surface area (Å²) < 4.78 is 6.10. The smallest absolute Gasteiger partial charge is 0.404 e. The minimum Gasteiger partial charge on any atom is -0.465 e. The highest BCUT2D eigenvalue weighted by Crippen LogP contribution is 2.35. The Morgan fingerprint density at radius 1 is 1.00 bits per heavy atom. The summed E-state index contributed by atoms with van der Waals surface area (Å²) in [5, 5.41) is 14.5. The molecule has 2 heterocycles. The lowest BCUT2D eigenvalue weighted by molar-refractivity contribution is 0.194. The van der Waals surface area contributed by atoms with Gasteiger partial charge in [-0.3, -0.25) is 4.98 Å². The van der Waals surface area contributed by atoms with E-state index in [9.17, 15) is 4.79 Å². The fourth-order valence-electron chi connectivity index (χ4n) is 3.97. The molecule has 5 aromatic rings. The van der Waals surface area contributed by atoms with Gasteiger partial charge in [-0.2, -0.15) is 0 Å². The minimum absolute atomic E-state index is 0.234. The molecule has 6 nitrogen and oxygen atoms in total. The number of rotatable bonds is 5. The molecule has 32 heavy (non-hydrogen) atoms. The van der Waals surface area contributed by atoms with Gasteiger partial charge in [-0.1, -0.05) is 42.5 Å². The number of nitrogens with zero attached hydrogens (tertiary/aromatic N) is 2. The summed E-state index contributed by atoms with van der Waals surface area (Å²) in [6.45, 7) is 0.234. The molecule has 5 rings (SSSR count). The number of furan rings is 1. The summed E-state index contributed by atoms with van der Waals surface area (Å²) in [5.74, 6) is 0.773. The van der Waals surface area contributed by atoms with Gasteiger partial charge >= 0.3 is 6.09 Å². The van der Waals surface area contributed by atoms with Crippen LogP contribution in [-0.4, -0.2) is 23.2 Å². The Kier molecular flexibility index (Phi) is 4.95.